The van der Waals surface area contributed by atoms with Crippen LogP contribution in [0, 0.1) is 11.3 Å². The molecular formula is C11H21NS. The first-order valence-corrected chi connectivity index (χ1v) is 6.02. The number of nitrogens with zero attached hydrogens (tertiary/aromatic N) is 1. The molecule has 2 aliphatic rings. The molecule has 1 spiro atoms. The zero-order chi connectivity index (χ0) is 9.64. The molecule has 2 atom stereocenters. The Balaban J connectivity index is 2.05. The van der Waals surface area contributed by atoms with Crippen molar-refractivity contribution in [2.75, 3.05) is 6.54 Å². The second kappa shape index (κ2) is 3.16. The zero-order valence-corrected chi connectivity index (χ0v) is 9.85. The van der Waals surface area contributed by atoms with Crippen molar-refractivity contribution >= 4 is 12.6 Å². The van der Waals surface area contributed by atoms with Crippen molar-refractivity contribution in [1.29, 1.82) is 0 Å². The third-order valence-electron chi connectivity index (χ3n) is 3.94. The molecule has 1 aliphatic carbocycles. The van der Waals surface area contributed by atoms with E-state index in [0.29, 0.717) is 10.8 Å². The molecule has 0 aromatic carbocycles. The molecule has 2 fully saturated rings. The third-order valence-corrected chi connectivity index (χ3v) is 4.24. The van der Waals surface area contributed by atoms with E-state index in [-0.39, 0.29) is 0 Å². The predicted molar refractivity (Wildman–Crippen MR) is 60.1 cm³/mol. The summed E-state index contributed by atoms with van der Waals surface area (Å²) in [5.41, 5.74) is 0.713. The number of hydrogen-bond donors (Lipinski definition) is 1. The minimum atomic E-state index is 0.443. The Morgan fingerprint density at radius 3 is 2.23 bits per heavy atom. The first-order chi connectivity index (χ1) is 6.07. The van der Waals surface area contributed by atoms with Crippen molar-refractivity contribution in [1.82, 2.24) is 4.90 Å². The van der Waals surface area contributed by atoms with Crippen LogP contribution in [0.3, 0.4) is 0 Å². The van der Waals surface area contributed by atoms with Gasteiger partial charge in [-0.25, -0.2) is 0 Å². The Morgan fingerprint density at radius 2 is 1.92 bits per heavy atom. The summed E-state index contributed by atoms with van der Waals surface area (Å²) in [6.07, 6.45) is 4.39. The normalized spacial score (nSPS) is 34.4. The summed E-state index contributed by atoms with van der Waals surface area (Å²) < 4.78 is 0. The Morgan fingerprint density at radius 1 is 1.31 bits per heavy atom. The maximum absolute atomic E-state index is 4.54. The van der Waals surface area contributed by atoms with Crippen LogP contribution in [0.2, 0.25) is 0 Å². The molecular weight excluding hydrogens is 178 g/mol. The van der Waals surface area contributed by atoms with Crippen LogP contribution < -0.4 is 0 Å². The van der Waals surface area contributed by atoms with Gasteiger partial charge in [0.1, 0.15) is 0 Å². The molecule has 0 N–H and O–H groups in total. The standard InChI is InChI=1S/C11H21NS/c1-8(2)10-11(5-4-6-11)7-12(10)9(3)13/h8-10,13H,4-7H2,1-3H3/t9?,10-/m0/s1. The van der Waals surface area contributed by atoms with Crippen LogP contribution in [0.5, 0.6) is 0 Å². The highest BCUT2D eigenvalue weighted by Crippen LogP contribution is 2.56. The fourth-order valence-electron chi connectivity index (χ4n) is 3.33. The van der Waals surface area contributed by atoms with E-state index in [9.17, 15) is 0 Å². The Hall–Kier alpha value is 0.310. The van der Waals surface area contributed by atoms with Gasteiger partial charge in [-0.15, -0.1) is 0 Å². The largest absolute Gasteiger partial charge is 0.288 e. The minimum absolute atomic E-state index is 0.443. The Labute approximate surface area is 87.3 Å². The van der Waals surface area contributed by atoms with Crippen LogP contribution in [0.25, 0.3) is 0 Å². The summed E-state index contributed by atoms with van der Waals surface area (Å²) in [5.74, 6) is 0.795. The fraction of sp³-hybridized carbons (Fsp3) is 1.00. The van der Waals surface area contributed by atoms with Crippen molar-refractivity contribution in [3.05, 3.63) is 0 Å². The van der Waals surface area contributed by atoms with Crippen molar-refractivity contribution in [2.45, 2.75) is 51.4 Å². The van der Waals surface area contributed by atoms with Gasteiger partial charge in [0.15, 0.2) is 0 Å². The smallest absolute Gasteiger partial charge is 0.0502 e. The average molecular weight is 199 g/mol. The van der Waals surface area contributed by atoms with E-state index in [2.05, 4.69) is 38.3 Å². The van der Waals surface area contributed by atoms with Crippen LogP contribution in [0.15, 0.2) is 0 Å². The van der Waals surface area contributed by atoms with E-state index in [1.165, 1.54) is 25.8 Å². The molecule has 1 heterocycles. The molecule has 76 valence electrons. The highest BCUT2D eigenvalue weighted by atomic mass is 32.1. The van der Waals surface area contributed by atoms with Gasteiger partial charge in [-0.05, 0) is 31.1 Å². The van der Waals surface area contributed by atoms with Crippen LogP contribution in [0.4, 0.5) is 0 Å². The molecule has 2 heteroatoms. The quantitative estimate of drug-likeness (QED) is 0.669. The molecule has 0 aromatic rings. The Kier molecular flexibility index (Phi) is 2.40. The molecule has 1 unspecified atom stereocenters. The molecule has 13 heavy (non-hydrogen) atoms. The number of thiol groups is 1. The van der Waals surface area contributed by atoms with E-state index in [4.69, 9.17) is 0 Å². The van der Waals surface area contributed by atoms with Gasteiger partial charge >= 0.3 is 0 Å². The number of rotatable bonds is 2. The van der Waals surface area contributed by atoms with Crippen LogP contribution >= 0.6 is 12.6 Å². The van der Waals surface area contributed by atoms with E-state index < -0.39 is 0 Å². The molecule has 1 saturated heterocycles. The van der Waals surface area contributed by atoms with Crippen molar-refractivity contribution in [3.63, 3.8) is 0 Å². The van der Waals surface area contributed by atoms with Gasteiger partial charge in [0.25, 0.3) is 0 Å². The maximum Gasteiger partial charge on any atom is 0.0502 e. The molecule has 0 aromatic heterocycles. The molecule has 2 rings (SSSR count). The molecule has 1 aliphatic heterocycles. The highest BCUT2D eigenvalue weighted by Gasteiger charge is 2.57. The first-order valence-electron chi connectivity index (χ1n) is 5.51. The molecule has 0 amide bonds. The molecule has 1 saturated carbocycles. The van der Waals surface area contributed by atoms with Gasteiger partial charge < -0.3 is 0 Å². The van der Waals surface area contributed by atoms with Crippen LogP contribution in [-0.2, 0) is 0 Å². The zero-order valence-electron chi connectivity index (χ0n) is 8.95. The number of hydrogen-bond acceptors (Lipinski definition) is 2. The number of likely N-dealkylation sites (tertiary alicyclic amines) is 1. The van der Waals surface area contributed by atoms with Gasteiger partial charge in [0.2, 0.25) is 0 Å². The van der Waals surface area contributed by atoms with Crippen molar-refractivity contribution in [3.8, 4) is 0 Å². The van der Waals surface area contributed by atoms with Gasteiger partial charge in [0.05, 0.1) is 5.37 Å². The summed E-state index contributed by atoms with van der Waals surface area (Å²) >= 11 is 4.54. The summed E-state index contributed by atoms with van der Waals surface area (Å²) in [6.45, 7) is 8.21. The molecule has 1 nitrogen and oxygen atoms in total. The van der Waals surface area contributed by atoms with Gasteiger partial charge in [-0.1, -0.05) is 20.3 Å². The van der Waals surface area contributed by atoms with E-state index >= 15 is 0 Å². The lowest BCUT2D eigenvalue weighted by Gasteiger charge is -2.65. The van der Waals surface area contributed by atoms with Crippen LogP contribution in [0.1, 0.15) is 40.0 Å². The average Bonchev–Trinajstić information content (AvgIpc) is 1.77. The van der Waals surface area contributed by atoms with Crippen LogP contribution in [-0.4, -0.2) is 22.9 Å². The third kappa shape index (κ3) is 1.33. The van der Waals surface area contributed by atoms with E-state index in [0.717, 1.165) is 12.0 Å². The lowest BCUT2D eigenvalue weighted by atomic mass is 9.55. The van der Waals surface area contributed by atoms with Gasteiger partial charge in [-0.3, -0.25) is 4.90 Å². The second-order valence-electron chi connectivity index (χ2n) is 5.21. The molecule has 0 radical (unpaired) electrons. The van der Waals surface area contributed by atoms with E-state index in [1.807, 2.05) is 0 Å². The monoisotopic (exact) mass is 199 g/mol. The Bertz CT molecular complexity index is 196. The topological polar surface area (TPSA) is 3.24 Å². The van der Waals surface area contributed by atoms with Crippen molar-refractivity contribution in [2.24, 2.45) is 11.3 Å². The fourth-order valence-corrected chi connectivity index (χ4v) is 3.56. The predicted octanol–water partition coefficient (Wildman–Crippen LogP) is 2.77. The lowest BCUT2D eigenvalue weighted by Crippen LogP contribution is -2.70. The summed E-state index contributed by atoms with van der Waals surface area (Å²) in [4.78, 5) is 2.56. The summed E-state index contributed by atoms with van der Waals surface area (Å²) in [5, 5.41) is 0.443. The summed E-state index contributed by atoms with van der Waals surface area (Å²) in [7, 11) is 0. The van der Waals surface area contributed by atoms with Crippen molar-refractivity contribution < 1.29 is 0 Å². The second-order valence-corrected chi connectivity index (χ2v) is 5.96. The maximum atomic E-state index is 4.54. The van der Waals surface area contributed by atoms with Gasteiger partial charge in [0, 0.05) is 12.6 Å². The highest BCUT2D eigenvalue weighted by molar-refractivity contribution is 7.80. The molecule has 0 bridgehead atoms. The lowest BCUT2D eigenvalue weighted by molar-refractivity contribution is -0.147. The minimum Gasteiger partial charge on any atom is -0.288 e. The summed E-state index contributed by atoms with van der Waals surface area (Å²) in [6, 6.07) is 0.814. The van der Waals surface area contributed by atoms with Gasteiger partial charge in [-0.2, -0.15) is 12.6 Å². The first kappa shape index (κ1) is 9.85. The van der Waals surface area contributed by atoms with E-state index in [1.54, 1.807) is 0 Å². The SMILES string of the molecule is CC(C)[C@@H]1N(C(C)S)CC12CCC2.